The SMILES string of the molecule is CNCc1ccc(Sc2nnc(C)o2)c(Cl)c1. The number of benzene rings is 1. The van der Waals surface area contributed by atoms with Gasteiger partial charge in [0.05, 0.1) is 5.02 Å². The molecule has 0 radical (unpaired) electrons. The third kappa shape index (κ3) is 3.21. The molecule has 2 aromatic rings. The molecule has 1 heterocycles. The second-order valence-electron chi connectivity index (χ2n) is 3.48. The summed E-state index contributed by atoms with van der Waals surface area (Å²) in [5.74, 6) is 0.551. The molecule has 0 unspecified atom stereocenters. The van der Waals surface area contributed by atoms with E-state index in [9.17, 15) is 0 Å². The quantitative estimate of drug-likeness (QED) is 0.925. The van der Waals surface area contributed by atoms with Crippen molar-refractivity contribution < 1.29 is 4.42 Å². The molecule has 0 aliphatic carbocycles. The van der Waals surface area contributed by atoms with Crippen molar-refractivity contribution >= 4 is 23.4 Å². The summed E-state index contributed by atoms with van der Waals surface area (Å²) >= 11 is 7.55. The number of hydrogen-bond donors (Lipinski definition) is 1. The van der Waals surface area contributed by atoms with Gasteiger partial charge >= 0.3 is 0 Å². The Kier molecular flexibility index (Phi) is 4.04. The van der Waals surface area contributed by atoms with E-state index in [1.54, 1.807) is 6.92 Å². The molecule has 1 N–H and O–H groups in total. The van der Waals surface area contributed by atoms with Crippen molar-refractivity contribution in [1.29, 1.82) is 0 Å². The third-order valence-corrected chi connectivity index (χ3v) is 3.42. The topological polar surface area (TPSA) is 51.0 Å². The predicted octanol–water partition coefficient (Wildman–Crippen LogP) is 2.90. The van der Waals surface area contributed by atoms with E-state index in [2.05, 4.69) is 15.5 Å². The van der Waals surface area contributed by atoms with Crippen LogP contribution in [0, 0.1) is 6.92 Å². The van der Waals surface area contributed by atoms with E-state index >= 15 is 0 Å². The van der Waals surface area contributed by atoms with Crippen molar-refractivity contribution in [3.8, 4) is 0 Å². The van der Waals surface area contributed by atoms with Crippen molar-refractivity contribution in [2.45, 2.75) is 23.6 Å². The van der Waals surface area contributed by atoms with Gasteiger partial charge in [-0.1, -0.05) is 17.7 Å². The minimum atomic E-state index is 0.505. The van der Waals surface area contributed by atoms with Crippen LogP contribution >= 0.6 is 23.4 Å². The fourth-order valence-corrected chi connectivity index (χ4v) is 2.40. The maximum atomic E-state index is 6.18. The molecule has 2 rings (SSSR count). The van der Waals surface area contributed by atoms with E-state index in [4.69, 9.17) is 16.0 Å². The Bertz CT molecular complexity index is 515. The summed E-state index contributed by atoms with van der Waals surface area (Å²) in [6, 6.07) is 5.91. The van der Waals surface area contributed by atoms with E-state index in [0.29, 0.717) is 16.1 Å². The van der Waals surface area contributed by atoms with Gasteiger partial charge in [-0.2, -0.15) is 0 Å². The number of rotatable bonds is 4. The Morgan fingerprint density at radius 1 is 1.41 bits per heavy atom. The highest BCUT2D eigenvalue weighted by atomic mass is 35.5. The Morgan fingerprint density at radius 2 is 2.24 bits per heavy atom. The first-order valence-corrected chi connectivity index (χ1v) is 6.29. The van der Waals surface area contributed by atoms with E-state index < -0.39 is 0 Å². The highest BCUT2D eigenvalue weighted by Crippen LogP contribution is 2.32. The van der Waals surface area contributed by atoms with Gasteiger partial charge in [-0.25, -0.2) is 0 Å². The van der Waals surface area contributed by atoms with Gasteiger partial charge in [0.25, 0.3) is 5.22 Å². The van der Waals surface area contributed by atoms with Gasteiger partial charge in [0.2, 0.25) is 5.89 Å². The molecule has 1 aromatic carbocycles. The smallest absolute Gasteiger partial charge is 0.281 e. The average Bonchev–Trinajstić information content (AvgIpc) is 2.69. The zero-order valence-corrected chi connectivity index (χ0v) is 11.1. The lowest BCUT2D eigenvalue weighted by molar-refractivity contribution is 0.429. The lowest BCUT2D eigenvalue weighted by Crippen LogP contribution is -2.04. The monoisotopic (exact) mass is 269 g/mol. The maximum absolute atomic E-state index is 6.18. The second kappa shape index (κ2) is 5.53. The first-order valence-electron chi connectivity index (χ1n) is 5.10. The van der Waals surface area contributed by atoms with Gasteiger partial charge in [-0.3, -0.25) is 0 Å². The Hall–Kier alpha value is -1.04. The predicted molar refractivity (Wildman–Crippen MR) is 67.4 cm³/mol. The molecule has 0 atom stereocenters. The van der Waals surface area contributed by atoms with Crippen LogP contribution in [0.2, 0.25) is 5.02 Å². The fourth-order valence-electron chi connectivity index (χ4n) is 1.35. The third-order valence-electron chi connectivity index (χ3n) is 2.08. The van der Waals surface area contributed by atoms with E-state index in [1.807, 2.05) is 25.2 Å². The molecule has 0 amide bonds. The Morgan fingerprint density at radius 3 is 2.82 bits per heavy atom. The molecule has 17 heavy (non-hydrogen) atoms. The van der Waals surface area contributed by atoms with Crippen LogP contribution < -0.4 is 5.32 Å². The first-order chi connectivity index (χ1) is 8.19. The highest BCUT2D eigenvalue weighted by Gasteiger charge is 2.08. The van der Waals surface area contributed by atoms with Gasteiger partial charge in [-0.15, -0.1) is 10.2 Å². The largest absolute Gasteiger partial charge is 0.416 e. The summed E-state index contributed by atoms with van der Waals surface area (Å²) in [6.07, 6.45) is 0. The van der Waals surface area contributed by atoms with Gasteiger partial charge < -0.3 is 9.73 Å². The second-order valence-corrected chi connectivity index (χ2v) is 4.88. The van der Waals surface area contributed by atoms with Crippen LogP contribution in [0.15, 0.2) is 32.7 Å². The molecule has 4 nitrogen and oxygen atoms in total. The van der Waals surface area contributed by atoms with Gasteiger partial charge in [0.1, 0.15) is 0 Å². The summed E-state index contributed by atoms with van der Waals surface area (Å²) in [5, 5.41) is 12.0. The zero-order valence-electron chi connectivity index (χ0n) is 9.53. The lowest BCUT2D eigenvalue weighted by Gasteiger charge is -2.04. The van der Waals surface area contributed by atoms with Crippen LogP contribution in [0.3, 0.4) is 0 Å². The van der Waals surface area contributed by atoms with Crippen molar-refractivity contribution in [3.63, 3.8) is 0 Å². The number of aromatic nitrogens is 2. The minimum absolute atomic E-state index is 0.505. The number of aryl methyl sites for hydroxylation is 1. The lowest BCUT2D eigenvalue weighted by atomic mass is 10.2. The van der Waals surface area contributed by atoms with Crippen LogP contribution in [0.5, 0.6) is 0 Å². The zero-order chi connectivity index (χ0) is 12.3. The summed E-state index contributed by atoms with van der Waals surface area (Å²) in [6.45, 7) is 2.55. The summed E-state index contributed by atoms with van der Waals surface area (Å²) in [7, 11) is 1.90. The summed E-state index contributed by atoms with van der Waals surface area (Å²) < 4.78 is 5.29. The molecular formula is C11H12ClN3OS. The Balaban J connectivity index is 2.16. The van der Waals surface area contributed by atoms with Gasteiger partial charge in [0.15, 0.2) is 0 Å². The summed E-state index contributed by atoms with van der Waals surface area (Å²) in [5.41, 5.74) is 1.14. The number of hydrogen-bond acceptors (Lipinski definition) is 5. The molecule has 90 valence electrons. The van der Waals surface area contributed by atoms with Gasteiger partial charge in [-0.05, 0) is 36.5 Å². The molecule has 0 saturated heterocycles. The summed E-state index contributed by atoms with van der Waals surface area (Å²) in [4.78, 5) is 0.912. The number of halogens is 1. The number of nitrogens with one attached hydrogen (secondary N) is 1. The van der Waals surface area contributed by atoms with Crippen LogP contribution in [0.1, 0.15) is 11.5 Å². The van der Waals surface area contributed by atoms with Crippen LogP contribution in [0.4, 0.5) is 0 Å². The molecule has 1 aromatic heterocycles. The van der Waals surface area contributed by atoms with E-state index in [0.717, 1.165) is 17.0 Å². The van der Waals surface area contributed by atoms with Crippen LogP contribution in [-0.4, -0.2) is 17.2 Å². The highest BCUT2D eigenvalue weighted by molar-refractivity contribution is 7.99. The molecule has 0 aliphatic rings. The van der Waals surface area contributed by atoms with E-state index in [-0.39, 0.29) is 0 Å². The fraction of sp³-hybridized carbons (Fsp3) is 0.273. The molecular weight excluding hydrogens is 258 g/mol. The van der Waals surface area contributed by atoms with Crippen molar-refractivity contribution in [3.05, 3.63) is 34.7 Å². The Labute approximate surface area is 109 Å². The van der Waals surface area contributed by atoms with Crippen LogP contribution in [-0.2, 0) is 6.54 Å². The molecule has 0 saturated carbocycles. The van der Waals surface area contributed by atoms with Crippen LogP contribution in [0.25, 0.3) is 0 Å². The molecule has 0 bridgehead atoms. The normalized spacial score (nSPS) is 10.8. The molecule has 0 aliphatic heterocycles. The van der Waals surface area contributed by atoms with Crippen molar-refractivity contribution in [2.75, 3.05) is 7.05 Å². The number of nitrogens with zero attached hydrogens (tertiary/aromatic N) is 2. The van der Waals surface area contributed by atoms with E-state index in [1.165, 1.54) is 11.8 Å². The minimum Gasteiger partial charge on any atom is -0.416 e. The van der Waals surface area contributed by atoms with Crippen molar-refractivity contribution in [1.82, 2.24) is 15.5 Å². The molecule has 6 heteroatoms. The van der Waals surface area contributed by atoms with Gasteiger partial charge in [0, 0.05) is 18.4 Å². The van der Waals surface area contributed by atoms with Crippen molar-refractivity contribution in [2.24, 2.45) is 0 Å². The maximum Gasteiger partial charge on any atom is 0.281 e. The standard InChI is InChI=1S/C11H12ClN3OS/c1-7-14-15-11(16-7)17-10-4-3-8(6-13-2)5-9(10)12/h3-5,13H,6H2,1-2H3. The molecule has 0 fully saturated rings. The first kappa shape index (κ1) is 12.4. The molecule has 0 spiro atoms. The average molecular weight is 270 g/mol.